The van der Waals surface area contributed by atoms with E-state index in [0.29, 0.717) is 5.76 Å². The van der Waals surface area contributed by atoms with Crippen molar-refractivity contribution in [3.63, 3.8) is 0 Å². The Kier molecular flexibility index (Phi) is 4.56. The zero-order chi connectivity index (χ0) is 20.5. The van der Waals surface area contributed by atoms with Crippen molar-refractivity contribution >= 4 is 34.2 Å². The number of hydrogen-bond acceptors (Lipinski definition) is 7. The lowest BCUT2D eigenvalue weighted by Crippen LogP contribution is -2.43. The lowest BCUT2D eigenvalue weighted by Gasteiger charge is -2.29. The molecule has 1 aliphatic heterocycles. The number of carbonyl (C=O) groups excluding carboxylic acids is 1. The van der Waals surface area contributed by atoms with Crippen LogP contribution in [0.15, 0.2) is 53.1 Å². The maximum absolute atomic E-state index is 12.0. The Morgan fingerprint density at radius 1 is 1.13 bits per heavy atom. The molecule has 1 saturated heterocycles. The molecule has 0 atom stereocenters. The van der Waals surface area contributed by atoms with Gasteiger partial charge in [0.05, 0.1) is 11.7 Å². The Labute approximate surface area is 172 Å². The number of carbonyl (C=O) groups is 1. The standard InChI is InChI=1S/C21H21N7O2/c22-20(29)18-19(13-2-5-16(6-3-13)28-9-7-23-8-10-28)30-21(26-18)25-15-4-1-14-12-24-27-17(14)11-15/h1-6,11-12,23H,7-10H2,(H2,22,29)(H,24,27)(H,25,26). The lowest BCUT2D eigenvalue weighted by atomic mass is 10.1. The topological polar surface area (TPSA) is 125 Å². The van der Waals surface area contributed by atoms with Crippen LogP contribution in [0.2, 0.25) is 0 Å². The first-order chi connectivity index (χ1) is 14.7. The molecule has 5 N–H and O–H groups in total. The van der Waals surface area contributed by atoms with Crippen molar-refractivity contribution in [3.8, 4) is 11.3 Å². The van der Waals surface area contributed by atoms with Crippen LogP contribution in [0.25, 0.3) is 22.2 Å². The summed E-state index contributed by atoms with van der Waals surface area (Å²) in [6.45, 7) is 3.86. The molecule has 4 aromatic rings. The van der Waals surface area contributed by atoms with Crippen molar-refractivity contribution < 1.29 is 9.21 Å². The predicted molar refractivity (Wildman–Crippen MR) is 115 cm³/mol. The summed E-state index contributed by atoms with van der Waals surface area (Å²) in [4.78, 5) is 18.5. The number of hydrogen-bond donors (Lipinski definition) is 4. The van der Waals surface area contributed by atoms with Gasteiger partial charge < -0.3 is 25.7 Å². The molecule has 9 nitrogen and oxygen atoms in total. The molecule has 1 aliphatic rings. The Bertz CT molecular complexity index is 1190. The molecule has 0 bridgehead atoms. The summed E-state index contributed by atoms with van der Waals surface area (Å²) in [5.41, 5.74) is 9.15. The molecule has 2 aromatic carbocycles. The monoisotopic (exact) mass is 403 g/mol. The largest absolute Gasteiger partial charge is 0.422 e. The highest BCUT2D eigenvalue weighted by Gasteiger charge is 2.20. The van der Waals surface area contributed by atoms with E-state index in [4.69, 9.17) is 10.2 Å². The van der Waals surface area contributed by atoms with E-state index in [2.05, 4.69) is 30.7 Å². The van der Waals surface area contributed by atoms with Crippen molar-refractivity contribution in [1.29, 1.82) is 0 Å². The Hall–Kier alpha value is -3.85. The van der Waals surface area contributed by atoms with Gasteiger partial charge in [-0.1, -0.05) is 0 Å². The number of oxazole rings is 1. The van der Waals surface area contributed by atoms with Gasteiger partial charge in [-0.15, -0.1) is 0 Å². The Morgan fingerprint density at radius 2 is 1.93 bits per heavy atom. The number of amides is 1. The molecule has 0 unspecified atom stereocenters. The summed E-state index contributed by atoms with van der Waals surface area (Å²) in [6.07, 6.45) is 1.75. The molecular formula is C21H21N7O2. The second-order valence-electron chi connectivity index (χ2n) is 7.14. The molecule has 0 spiro atoms. The summed E-state index contributed by atoms with van der Waals surface area (Å²) in [6, 6.07) is 13.8. The third kappa shape index (κ3) is 3.46. The molecule has 9 heteroatoms. The van der Waals surface area contributed by atoms with Crippen molar-refractivity contribution in [2.75, 3.05) is 36.4 Å². The quantitative estimate of drug-likeness (QED) is 0.403. The molecule has 0 radical (unpaired) electrons. The number of aromatic nitrogens is 3. The van der Waals surface area contributed by atoms with Gasteiger partial charge in [0.15, 0.2) is 11.5 Å². The summed E-state index contributed by atoms with van der Waals surface area (Å²) < 4.78 is 5.87. The summed E-state index contributed by atoms with van der Waals surface area (Å²) in [5, 5.41) is 14.4. The highest BCUT2D eigenvalue weighted by atomic mass is 16.4. The molecule has 152 valence electrons. The van der Waals surface area contributed by atoms with Crippen molar-refractivity contribution in [1.82, 2.24) is 20.5 Å². The number of piperazine rings is 1. The van der Waals surface area contributed by atoms with Crippen molar-refractivity contribution in [2.45, 2.75) is 0 Å². The fraction of sp³-hybridized carbons (Fsp3) is 0.190. The number of rotatable bonds is 5. The maximum atomic E-state index is 12.0. The number of H-pyrrole nitrogens is 1. The SMILES string of the molecule is NC(=O)c1nc(Nc2ccc3cn[nH]c3c2)oc1-c1ccc(N2CCNCC2)cc1. The van der Waals surface area contributed by atoms with E-state index in [1.807, 2.05) is 42.5 Å². The van der Waals surface area contributed by atoms with E-state index in [1.54, 1.807) is 6.20 Å². The van der Waals surface area contributed by atoms with E-state index in [1.165, 1.54) is 0 Å². The highest BCUT2D eigenvalue weighted by Crippen LogP contribution is 2.30. The first-order valence-electron chi connectivity index (χ1n) is 9.74. The van der Waals surface area contributed by atoms with Gasteiger partial charge in [0.2, 0.25) is 0 Å². The first-order valence-corrected chi connectivity index (χ1v) is 9.74. The molecule has 0 saturated carbocycles. The minimum Gasteiger partial charge on any atom is -0.422 e. The smallest absolute Gasteiger partial charge is 0.300 e. The summed E-state index contributed by atoms with van der Waals surface area (Å²) in [7, 11) is 0. The molecular weight excluding hydrogens is 382 g/mol. The minimum atomic E-state index is -0.642. The van der Waals surface area contributed by atoms with Crippen LogP contribution in [0.3, 0.4) is 0 Å². The van der Waals surface area contributed by atoms with E-state index in [9.17, 15) is 4.79 Å². The van der Waals surface area contributed by atoms with Crippen LogP contribution in [0.5, 0.6) is 0 Å². The van der Waals surface area contributed by atoms with Crippen LogP contribution in [-0.4, -0.2) is 47.3 Å². The van der Waals surface area contributed by atoms with Gasteiger partial charge >= 0.3 is 0 Å². The molecule has 1 amide bonds. The van der Waals surface area contributed by atoms with Gasteiger partial charge in [0, 0.05) is 48.5 Å². The first kappa shape index (κ1) is 18.2. The number of benzene rings is 2. The van der Waals surface area contributed by atoms with Crippen LogP contribution in [0.1, 0.15) is 10.5 Å². The van der Waals surface area contributed by atoms with Gasteiger partial charge in [-0.3, -0.25) is 9.89 Å². The molecule has 3 heterocycles. The number of fused-ring (bicyclic) bond motifs is 1. The van der Waals surface area contributed by atoms with Gasteiger partial charge in [-0.05, 0) is 42.5 Å². The van der Waals surface area contributed by atoms with E-state index < -0.39 is 5.91 Å². The fourth-order valence-corrected chi connectivity index (χ4v) is 3.62. The normalized spacial score (nSPS) is 14.2. The van der Waals surface area contributed by atoms with E-state index in [0.717, 1.165) is 54.0 Å². The third-order valence-electron chi connectivity index (χ3n) is 5.17. The zero-order valence-corrected chi connectivity index (χ0v) is 16.2. The van der Waals surface area contributed by atoms with Crippen LogP contribution < -0.4 is 21.3 Å². The van der Waals surface area contributed by atoms with Crippen LogP contribution in [0, 0.1) is 0 Å². The molecule has 0 aliphatic carbocycles. The molecule has 5 rings (SSSR count). The van der Waals surface area contributed by atoms with Gasteiger partial charge in [-0.2, -0.15) is 10.1 Å². The van der Waals surface area contributed by atoms with Crippen LogP contribution in [0.4, 0.5) is 17.4 Å². The Morgan fingerprint density at radius 3 is 2.70 bits per heavy atom. The average molecular weight is 403 g/mol. The highest BCUT2D eigenvalue weighted by molar-refractivity contribution is 5.97. The number of nitrogens with one attached hydrogen (secondary N) is 3. The predicted octanol–water partition coefficient (Wildman–Crippen LogP) is 2.47. The molecule has 1 fully saturated rings. The average Bonchev–Trinajstić information content (AvgIpc) is 3.41. The maximum Gasteiger partial charge on any atom is 0.300 e. The number of aromatic amines is 1. The minimum absolute atomic E-state index is 0.0926. The van der Waals surface area contributed by atoms with Gasteiger partial charge in [0.1, 0.15) is 0 Å². The fourth-order valence-electron chi connectivity index (χ4n) is 3.62. The number of anilines is 3. The summed E-state index contributed by atoms with van der Waals surface area (Å²) >= 11 is 0. The van der Waals surface area contributed by atoms with Crippen LogP contribution >= 0.6 is 0 Å². The van der Waals surface area contributed by atoms with Crippen LogP contribution in [-0.2, 0) is 0 Å². The zero-order valence-electron chi connectivity index (χ0n) is 16.2. The third-order valence-corrected chi connectivity index (χ3v) is 5.17. The number of nitrogens with two attached hydrogens (primary N) is 1. The van der Waals surface area contributed by atoms with Crippen molar-refractivity contribution in [2.24, 2.45) is 5.73 Å². The van der Waals surface area contributed by atoms with E-state index in [-0.39, 0.29) is 11.7 Å². The van der Waals surface area contributed by atoms with Crippen molar-refractivity contribution in [3.05, 3.63) is 54.4 Å². The van der Waals surface area contributed by atoms with E-state index >= 15 is 0 Å². The Balaban J connectivity index is 1.43. The lowest BCUT2D eigenvalue weighted by molar-refractivity contribution is 0.0996. The molecule has 30 heavy (non-hydrogen) atoms. The number of primary amides is 1. The number of nitrogens with zero attached hydrogens (tertiary/aromatic N) is 3. The van der Waals surface area contributed by atoms with Gasteiger partial charge in [0.25, 0.3) is 11.9 Å². The second-order valence-corrected chi connectivity index (χ2v) is 7.14. The molecule has 2 aromatic heterocycles. The summed E-state index contributed by atoms with van der Waals surface area (Å²) in [5.74, 6) is -0.295. The second kappa shape index (κ2) is 7.53. The van der Waals surface area contributed by atoms with Gasteiger partial charge in [-0.25, -0.2) is 0 Å².